The molecule has 0 bridgehead atoms. The number of rotatable bonds is 10. The van der Waals surface area contributed by atoms with Crippen LogP contribution < -0.4 is 13.8 Å². The van der Waals surface area contributed by atoms with Gasteiger partial charge in [-0.05, 0) is 78.7 Å². The number of carbonyl (C=O) groups excluding carboxylic acids is 1. The van der Waals surface area contributed by atoms with Gasteiger partial charge in [0, 0.05) is 11.1 Å². The number of benzene rings is 3. The van der Waals surface area contributed by atoms with E-state index >= 15 is 0 Å². The molecule has 0 atom stereocenters. The van der Waals surface area contributed by atoms with Crippen LogP contribution in [-0.2, 0) is 14.8 Å². The Kier molecular flexibility index (Phi) is 8.73. The molecule has 3 aromatic rings. The Labute approximate surface area is 205 Å². The first kappa shape index (κ1) is 25.3. The molecule has 3 aromatic carbocycles. The predicted octanol–water partition coefficient (Wildman–Crippen LogP) is 5.96. The fourth-order valence-corrected chi connectivity index (χ4v) is 4.57. The molecular weight excluding hydrogens is 474 g/mol. The van der Waals surface area contributed by atoms with E-state index in [0.29, 0.717) is 17.4 Å². The van der Waals surface area contributed by atoms with Crippen LogP contribution in [0.2, 0.25) is 5.02 Å². The second-order valence-corrected chi connectivity index (χ2v) is 9.59. The molecule has 0 aromatic heterocycles. The molecule has 0 unspecified atom stereocenters. The molecule has 0 saturated carbocycles. The number of anilines is 1. The highest BCUT2D eigenvalue weighted by molar-refractivity contribution is 7.93. The second-order valence-electron chi connectivity index (χ2n) is 7.36. The van der Waals surface area contributed by atoms with Crippen LogP contribution in [-0.4, -0.2) is 28.0 Å². The first-order valence-electron chi connectivity index (χ1n) is 10.7. The third-order valence-corrected chi connectivity index (χ3v) is 6.92. The number of unbranched alkanes of at least 4 members (excludes halogenated alkanes) is 1. The number of hydrogen-bond donors (Lipinski definition) is 0. The fraction of sp³-hybridized carbons (Fsp3) is 0.192. The monoisotopic (exact) mass is 499 g/mol. The van der Waals surface area contributed by atoms with Gasteiger partial charge in [0.1, 0.15) is 11.5 Å². The normalized spacial score (nSPS) is 11.4. The van der Waals surface area contributed by atoms with Gasteiger partial charge in [0.05, 0.1) is 24.3 Å². The Balaban J connectivity index is 1.89. The summed E-state index contributed by atoms with van der Waals surface area (Å²) in [5, 5.41) is 0.392. The molecule has 0 heterocycles. The summed E-state index contributed by atoms with van der Waals surface area (Å²) < 4.78 is 38.4. The lowest BCUT2D eigenvalue weighted by molar-refractivity contribution is -0.113. The van der Waals surface area contributed by atoms with Crippen molar-refractivity contribution in [2.24, 2.45) is 0 Å². The predicted molar refractivity (Wildman–Crippen MR) is 135 cm³/mol. The van der Waals surface area contributed by atoms with Gasteiger partial charge < -0.3 is 9.47 Å². The number of halogens is 1. The van der Waals surface area contributed by atoms with Gasteiger partial charge in [0.2, 0.25) is 0 Å². The highest BCUT2D eigenvalue weighted by Crippen LogP contribution is 2.27. The van der Waals surface area contributed by atoms with Crippen LogP contribution >= 0.6 is 11.6 Å². The minimum absolute atomic E-state index is 0.0527. The van der Waals surface area contributed by atoms with E-state index in [4.69, 9.17) is 21.1 Å². The number of nitrogens with zero attached hydrogens (tertiary/aromatic N) is 1. The van der Waals surface area contributed by atoms with Crippen LogP contribution in [0.4, 0.5) is 5.69 Å². The maximum absolute atomic E-state index is 13.4. The number of hydrogen-bond acceptors (Lipinski definition) is 5. The zero-order chi connectivity index (χ0) is 24.6. The molecule has 0 saturated heterocycles. The van der Waals surface area contributed by atoms with E-state index in [9.17, 15) is 13.2 Å². The zero-order valence-electron chi connectivity index (χ0n) is 19.0. The number of sulfonamides is 1. The van der Waals surface area contributed by atoms with E-state index in [2.05, 4.69) is 6.92 Å². The highest BCUT2D eigenvalue weighted by Gasteiger charge is 2.29. The summed E-state index contributed by atoms with van der Waals surface area (Å²) in [4.78, 5) is 13.1. The van der Waals surface area contributed by atoms with Crippen molar-refractivity contribution in [1.82, 2.24) is 0 Å². The quantitative estimate of drug-likeness (QED) is 0.254. The van der Waals surface area contributed by atoms with Crippen LogP contribution in [0, 0.1) is 0 Å². The third kappa shape index (κ3) is 6.40. The maximum atomic E-state index is 13.4. The highest BCUT2D eigenvalue weighted by atomic mass is 35.5. The second kappa shape index (κ2) is 11.7. The molecule has 3 rings (SSSR count). The van der Waals surface area contributed by atoms with Crippen LogP contribution in [0.25, 0.3) is 6.08 Å². The molecule has 8 heteroatoms. The summed E-state index contributed by atoms with van der Waals surface area (Å²) in [6.45, 7) is 2.74. The molecule has 0 fully saturated rings. The first-order valence-corrected chi connectivity index (χ1v) is 12.6. The van der Waals surface area contributed by atoms with Gasteiger partial charge in [-0.2, -0.15) is 4.31 Å². The first-order chi connectivity index (χ1) is 16.3. The lowest BCUT2D eigenvalue weighted by Gasteiger charge is -2.21. The van der Waals surface area contributed by atoms with Crippen molar-refractivity contribution in [3.8, 4) is 11.5 Å². The van der Waals surface area contributed by atoms with Crippen molar-refractivity contribution in [2.75, 3.05) is 18.0 Å². The van der Waals surface area contributed by atoms with Crippen molar-refractivity contribution in [3.63, 3.8) is 0 Å². The lowest BCUT2D eigenvalue weighted by Crippen LogP contribution is -2.35. The summed E-state index contributed by atoms with van der Waals surface area (Å²) in [6.07, 6.45) is 4.81. The Bertz CT molecular complexity index is 1220. The topological polar surface area (TPSA) is 72.9 Å². The van der Waals surface area contributed by atoms with Crippen molar-refractivity contribution < 1.29 is 22.7 Å². The molecule has 0 spiro atoms. The van der Waals surface area contributed by atoms with Crippen LogP contribution in [0.1, 0.15) is 25.3 Å². The zero-order valence-corrected chi connectivity index (χ0v) is 20.6. The molecule has 0 radical (unpaired) electrons. The Morgan fingerprint density at radius 3 is 2.15 bits per heavy atom. The van der Waals surface area contributed by atoms with E-state index < -0.39 is 15.9 Å². The van der Waals surface area contributed by atoms with Crippen LogP contribution in [0.3, 0.4) is 0 Å². The van der Waals surface area contributed by atoms with Crippen LogP contribution in [0.15, 0.2) is 83.8 Å². The van der Waals surface area contributed by atoms with E-state index in [1.54, 1.807) is 30.3 Å². The maximum Gasteiger partial charge on any atom is 0.271 e. The van der Waals surface area contributed by atoms with Gasteiger partial charge in [0.15, 0.2) is 0 Å². The van der Waals surface area contributed by atoms with Crippen molar-refractivity contribution in [2.45, 2.75) is 24.7 Å². The summed E-state index contributed by atoms with van der Waals surface area (Å²) in [6, 6.07) is 19.1. The molecule has 0 aliphatic heterocycles. The third-order valence-electron chi connectivity index (χ3n) is 4.92. The lowest BCUT2D eigenvalue weighted by atomic mass is 10.2. The minimum Gasteiger partial charge on any atom is -0.497 e. The SMILES string of the molecule is CCCCOc1ccc(/C=C/C(=O)N(c2ccc(OC)cc2)S(=O)(=O)c2ccc(Cl)cc2)cc1. The smallest absolute Gasteiger partial charge is 0.271 e. The fourth-order valence-electron chi connectivity index (χ4n) is 3.06. The van der Waals surface area contributed by atoms with E-state index in [-0.39, 0.29) is 10.6 Å². The van der Waals surface area contributed by atoms with Crippen molar-refractivity contribution in [1.29, 1.82) is 0 Å². The average Bonchev–Trinajstić information content (AvgIpc) is 2.84. The Hall–Kier alpha value is -3.29. The molecule has 0 N–H and O–H groups in total. The van der Waals surface area contributed by atoms with Gasteiger partial charge in [0.25, 0.3) is 15.9 Å². The number of amides is 1. The van der Waals surface area contributed by atoms with Gasteiger partial charge in [-0.3, -0.25) is 4.79 Å². The van der Waals surface area contributed by atoms with Crippen molar-refractivity contribution >= 4 is 39.3 Å². The molecule has 0 aliphatic carbocycles. The van der Waals surface area contributed by atoms with E-state index in [1.807, 2.05) is 12.1 Å². The molecule has 178 valence electrons. The summed E-state index contributed by atoms with van der Waals surface area (Å²) in [7, 11) is -2.70. The molecule has 6 nitrogen and oxygen atoms in total. The van der Waals surface area contributed by atoms with Crippen molar-refractivity contribution in [3.05, 3.63) is 89.5 Å². The standard InChI is InChI=1S/C26H26ClNO5S/c1-3-4-19-33-24-12-5-20(6-13-24)7-18-26(29)28(22-10-14-23(32-2)15-11-22)34(30,31)25-16-8-21(27)9-17-25/h5-18H,3-4,19H2,1-2H3/b18-7+. The average molecular weight is 500 g/mol. The summed E-state index contributed by atoms with van der Waals surface area (Å²) >= 11 is 5.91. The Morgan fingerprint density at radius 1 is 0.941 bits per heavy atom. The largest absolute Gasteiger partial charge is 0.497 e. The van der Waals surface area contributed by atoms with E-state index in [0.717, 1.165) is 28.5 Å². The number of ether oxygens (including phenoxy) is 2. The van der Waals surface area contributed by atoms with Gasteiger partial charge in [-0.1, -0.05) is 37.1 Å². The molecule has 0 aliphatic rings. The summed E-state index contributed by atoms with van der Waals surface area (Å²) in [5.41, 5.74) is 0.917. The molecule has 1 amide bonds. The Morgan fingerprint density at radius 2 is 1.56 bits per heavy atom. The van der Waals surface area contributed by atoms with Gasteiger partial charge in [-0.15, -0.1) is 0 Å². The van der Waals surface area contributed by atoms with Gasteiger partial charge >= 0.3 is 0 Å². The summed E-state index contributed by atoms with van der Waals surface area (Å²) in [5.74, 6) is 0.558. The molecular formula is C26H26ClNO5S. The van der Waals surface area contributed by atoms with Gasteiger partial charge in [-0.25, -0.2) is 8.42 Å². The minimum atomic E-state index is -4.20. The number of methoxy groups -OCH3 is 1. The molecule has 34 heavy (non-hydrogen) atoms. The van der Waals surface area contributed by atoms with Crippen LogP contribution in [0.5, 0.6) is 11.5 Å². The van der Waals surface area contributed by atoms with E-state index in [1.165, 1.54) is 49.6 Å². The number of carbonyl (C=O) groups is 1.